The highest BCUT2D eigenvalue weighted by Crippen LogP contribution is 2.20. The second-order valence-corrected chi connectivity index (χ2v) is 5.75. The number of rotatable bonds is 8. The van der Waals surface area contributed by atoms with Gasteiger partial charge in [0.05, 0.1) is 7.11 Å². The lowest BCUT2D eigenvalue weighted by atomic mass is 9.93. The number of pyridine rings is 1. The fraction of sp³-hybridized carbons (Fsp3) is 0.667. The number of nitrogens with zero attached hydrogens (tertiary/aromatic N) is 2. The molecule has 0 aliphatic heterocycles. The van der Waals surface area contributed by atoms with Gasteiger partial charge >= 0.3 is 0 Å². The van der Waals surface area contributed by atoms with Gasteiger partial charge in [0, 0.05) is 24.8 Å². The Morgan fingerprint density at radius 2 is 2.16 bits per heavy atom. The van der Waals surface area contributed by atoms with Gasteiger partial charge in [0.15, 0.2) is 0 Å². The Bertz CT molecular complexity index is 379. The van der Waals surface area contributed by atoms with E-state index in [-0.39, 0.29) is 5.41 Å². The van der Waals surface area contributed by atoms with Crippen LogP contribution in [-0.4, -0.2) is 36.6 Å². The van der Waals surface area contributed by atoms with Crippen LogP contribution in [0.2, 0.25) is 0 Å². The van der Waals surface area contributed by atoms with Crippen molar-refractivity contribution >= 4 is 0 Å². The van der Waals surface area contributed by atoms with Crippen LogP contribution in [0, 0.1) is 5.41 Å². The molecule has 1 aromatic rings. The molecule has 0 spiro atoms. The van der Waals surface area contributed by atoms with E-state index in [1.54, 1.807) is 13.3 Å². The van der Waals surface area contributed by atoms with Gasteiger partial charge in [0.1, 0.15) is 0 Å². The molecule has 0 aliphatic carbocycles. The molecule has 0 aromatic carbocycles. The van der Waals surface area contributed by atoms with Gasteiger partial charge in [-0.1, -0.05) is 26.8 Å². The minimum atomic E-state index is 0.130. The predicted molar refractivity (Wildman–Crippen MR) is 79.2 cm³/mol. The summed E-state index contributed by atoms with van der Waals surface area (Å²) in [6, 6.07) is 4.03. The van der Waals surface area contributed by atoms with Crippen molar-refractivity contribution in [2.75, 3.05) is 26.7 Å². The Kier molecular flexibility index (Phi) is 6.25. The van der Waals surface area contributed by atoms with Gasteiger partial charge in [-0.15, -0.1) is 0 Å². The van der Waals surface area contributed by atoms with Crippen LogP contribution in [0.5, 0.6) is 5.88 Å². The molecule has 0 bridgehead atoms. The average molecular weight is 265 g/mol. The van der Waals surface area contributed by atoms with E-state index in [2.05, 4.69) is 36.7 Å². The van der Waals surface area contributed by atoms with E-state index < -0.39 is 0 Å². The lowest BCUT2D eigenvalue weighted by Gasteiger charge is -2.31. The van der Waals surface area contributed by atoms with E-state index in [1.165, 1.54) is 0 Å². The van der Waals surface area contributed by atoms with Crippen molar-refractivity contribution in [1.82, 2.24) is 9.88 Å². The number of aromatic nitrogens is 1. The molecular weight excluding hydrogens is 238 g/mol. The first-order chi connectivity index (χ1) is 9.02. The average Bonchev–Trinajstić information content (AvgIpc) is 2.39. The summed E-state index contributed by atoms with van der Waals surface area (Å²) in [6.07, 6.45) is 2.89. The third-order valence-corrected chi connectivity index (χ3v) is 3.18. The molecule has 108 valence electrons. The summed E-state index contributed by atoms with van der Waals surface area (Å²) in [5.74, 6) is 0.717. The number of nitrogens with two attached hydrogens (primary N) is 1. The molecule has 0 unspecified atom stereocenters. The molecule has 0 saturated carbocycles. The first-order valence-electron chi connectivity index (χ1n) is 6.92. The zero-order valence-electron chi connectivity index (χ0n) is 12.6. The SMILES string of the molecule is CCCN(Cc1cccnc1OC)CC(C)(C)CN. The van der Waals surface area contributed by atoms with E-state index >= 15 is 0 Å². The van der Waals surface area contributed by atoms with Crippen LogP contribution in [0.4, 0.5) is 0 Å². The van der Waals surface area contributed by atoms with Crippen molar-refractivity contribution in [3.63, 3.8) is 0 Å². The van der Waals surface area contributed by atoms with Gasteiger partial charge in [0.2, 0.25) is 5.88 Å². The minimum absolute atomic E-state index is 0.130. The second kappa shape index (κ2) is 7.46. The van der Waals surface area contributed by atoms with Crippen LogP contribution in [0.1, 0.15) is 32.8 Å². The van der Waals surface area contributed by atoms with Crippen LogP contribution >= 0.6 is 0 Å². The Balaban J connectivity index is 2.77. The second-order valence-electron chi connectivity index (χ2n) is 5.75. The molecule has 0 fully saturated rings. The molecule has 1 heterocycles. The molecule has 4 heteroatoms. The first-order valence-corrected chi connectivity index (χ1v) is 6.92. The molecule has 0 radical (unpaired) electrons. The third kappa shape index (κ3) is 5.17. The fourth-order valence-electron chi connectivity index (χ4n) is 2.17. The minimum Gasteiger partial charge on any atom is -0.481 e. The van der Waals surface area contributed by atoms with E-state index in [1.807, 2.05) is 6.07 Å². The predicted octanol–water partition coefficient (Wildman–Crippen LogP) is 2.29. The lowest BCUT2D eigenvalue weighted by Crippen LogP contribution is -2.38. The lowest BCUT2D eigenvalue weighted by molar-refractivity contribution is 0.174. The topological polar surface area (TPSA) is 51.4 Å². The summed E-state index contributed by atoms with van der Waals surface area (Å²) in [7, 11) is 1.67. The highest BCUT2D eigenvalue weighted by Gasteiger charge is 2.20. The first kappa shape index (κ1) is 15.9. The van der Waals surface area contributed by atoms with Crippen LogP contribution in [0.3, 0.4) is 0 Å². The molecular formula is C15H27N3O. The number of hydrogen-bond donors (Lipinski definition) is 1. The Morgan fingerprint density at radius 1 is 1.42 bits per heavy atom. The zero-order valence-corrected chi connectivity index (χ0v) is 12.6. The normalized spacial score (nSPS) is 11.9. The Hall–Kier alpha value is -1.13. The van der Waals surface area contributed by atoms with Crippen molar-refractivity contribution in [2.24, 2.45) is 11.1 Å². The van der Waals surface area contributed by atoms with E-state index in [9.17, 15) is 0 Å². The maximum atomic E-state index is 5.84. The van der Waals surface area contributed by atoms with Crippen LogP contribution < -0.4 is 10.5 Å². The van der Waals surface area contributed by atoms with E-state index in [0.717, 1.165) is 31.6 Å². The molecule has 4 nitrogen and oxygen atoms in total. The van der Waals surface area contributed by atoms with Gasteiger partial charge in [-0.2, -0.15) is 0 Å². The monoisotopic (exact) mass is 265 g/mol. The molecule has 0 amide bonds. The summed E-state index contributed by atoms with van der Waals surface area (Å²) >= 11 is 0. The molecule has 19 heavy (non-hydrogen) atoms. The van der Waals surface area contributed by atoms with Crippen molar-refractivity contribution in [2.45, 2.75) is 33.7 Å². The van der Waals surface area contributed by atoms with Crippen molar-refractivity contribution in [3.05, 3.63) is 23.9 Å². The summed E-state index contributed by atoms with van der Waals surface area (Å²) in [5, 5.41) is 0. The molecule has 1 aromatic heterocycles. The van der Waals surface area contributed by atoms with E-state index in [4.69, 9.17) is 10.5 Å². The third-order valence-electron chi connectivity index (χ3n) is 3.18. The number of ether oxygens (including phenoxy) is 1. The van der Waals surface area contributed by atoms with Crippen LogP contribution in [-0.2, 0) is 6.54 Å². The molecule has 0 aliphatic rings. The summed E-state index contributed by atoms with van der Waals surface area (Å²) in [6.45, 7) is 10.2. The smallest absolute Gasteiger partial charge is 0.217 e. The van der Waals surface area contributed by atoms with Crippen LogP contribution in [0.25, 0.3) is 0 Å². The molecule has 2 N–H and O–H groups in total. The quantitative estimate of drug-likeness (QED) is 0.783. The molecule has 0 saturated heterocycles. The van der Waals surface area contributed by atoms with Gasteiger partial charge in [0.25, 0.3) is 0 Å². The summed E-state index contributed by atoms with van der Waals surface area (Å²) in [5.41, 5.74) is 7.10. The van der Waals surface area contributed by atoms with Crippen molar-refractivity contribution in [3.8, 4) is 5.88 Å². The van der Waals surface area contributed by atoms with Crippen LogP contribution in [0.15, 0.2) is 18.3 Å². The van der Waals surface area contributed by atoms with Crippen molar-refractivity contribution in [1.29, 1.82) is 0 Å². The largest absolute Gasteiger partial charge is 0.481 e. The maximum Gasteiger partial charge on any atom is 0.217 e. The van der Waals surface area contributed by atoms with Gasteiger partial charge in [-0.3, -0.25) is 4.90 Å². The number of hydrogen-bond acceptors (Lipinski definition) is 4. The summed E-state index contributed by atoms with van der Waals surface area (Å²) in [4.78, 5) is 6.68. The maximum absolute atomic E-state index is 5.84. The van der Waals surface area contributed by atoms with Gasteiger partial charge in [-0.05, 0) is 31.0 Å². The highest BCUT2D eigenvalue weighted by atomic mass is 16.5. The fourth-order valence-corrected chi connectivity index (χ4v) is 2.17. The van der Waals surface area contributed by atoms with Gasteiger partial charge < -0.3 is 10.5 Å². The molecule has 0 atom stereocenters. The van der Waals surface area contributed by atoms with Gasteiger partial charge in [-0.25, -0.2) is 4.98 Å². The highest BCUT2D eigenvalue weighted by molar-refractivity contribution is 5.25. The zero-order chi connectivity index (χ0) is 14.3. The summed E-state index contributed by atoms with van der Waals surface area (Å²) < 4.78 is 5.32. The Labute approximate surface area is 117 Å². The van der Waals surface area contributed by atoms with Crippen molar-refractivity contribution < 1.29 is 4.74 Å². The number of methoxy groups -OCH3 is 1. The Morgan fingerprint density at radius 3 is 2.74 bits per heavy atom. The standard InChI is InChI=1S/C15H27N3O/c1-5-9-18(12-15(2,3)11-16)10-13-7-6-8-17-14(13)19-4/h6-8H,5,9-12,16H2,1-4H3. The van der Waals surface area contributed by atoms with E-state index in [0.29, 0.717) is 12.4 Å². The molecule has 1 rings (SSSR count).